The van der Waals surface area contributed by atoms with Gasteiger partial charge in [-0.05, 0) is 20.3 Å². The minimum Gasteiger partial charge on any atom is -0.391 e. The molecule has 5 nitrogen and oxygen atoms in total. The average Bonchev–Trinajstić information content (AvgIpc) is 2.65. The summed E-state index contributed by atoms with van der Waals surface area (Å²) in [6, 6.07) is 0.289. The van der Waals surface area contributed by atoms with Crippen molar-refractivity contribution in [1.29, 1.82) is 0 Å². The molecule has 0 amide bonds. The number of aromatic nitrogens is 2. The molecule has 0 bridgehead atoms. The normalized spacial score (nSPS) is 12.9. The summed E-state index contributed by atoms with van der Waals surface area (Å²) in [6.45, 7) is 5.72. The van der Waals surface area contributed by atoms with Gasteiger partial charge < -0.3 is 11.1 Å². The van der Waals surface area contributed by atoms with Gasteiger partial charge in [0.1, 0.15) is 5.69 Å². The van der Waals surface area contributed by atoms with E-state index in [4.69, 9.17) is 5.73 Å². The Balaban J connectivity index is 0.00000112. The summed E-state index contributed by atoms with van der Waals surface area (Å²) >= 11 is 0. The highest BCUT2D eigenvalue weighted by molar-refractivity contribution is 5.85. The highest BCUT2D eigenvalue weighted by Gasteiger charge is 2.21. The van der Waals surface area contributed by atoms with Crippen molar-refractivity contribution in [3.63, 3.8) is 0 Å². The van der Waals surface area contributed by atoms with Crippen LogP contribution < -0.4 is 16.6 Å². The van der Waals surface area contributed by atoms with Crippen molar-refractivity contribution in [2.45, 2.75) is 39.4 Å². The summed E-state index contributed by atoms with van der Waals surface area (Å²) in [6.07, 6.45) is 1.02. The number of halogens is 2. The van der Waals surface area contributed by atoms with Crippen molar-refractivity contribution in [3.05, 3.63) is 10.4 Å². The van der Waals surface area contributed by atoms with Gasteiger partial charge in [0.15, 0.2) is 5.82 Å². The summed E-state index contributed by atoms with van der Waals surface area (Å²) in [5.41, 5.74) is 6.03. The molecule has 1 aromatic heterocycles. The summed E-state index contributed by atoms with van der Waals surface area (Å²) in [5.74, 6) is 0.780. The van der Waals surface area contributed by atoms with Gasteiger partial charge in [-0.15, -0.1) is 24.8 Å². The Kier molecular flexibility index (Phi) is 5.22. The minimum atomic E-state index is -0.0642. The zero-order valence-corrected chi connectivity index (χ0v) is 11.0. The Morgan fingerprint density at radius 1 is 1.25 bits per heavy atom. The molecule has 0 radical (unpaired) electrons. The van der Waals surface area contributed by atoms with Crippen molar-refractivity contribution < 1.29 is 0 Å². The van der Waals surface area contributed by atoms with Gasteiger partial charge in [0.2, 0.25) is 0 Å². The van der Waals surface area contributed by atoms with Gasteiger partial charge in [-0.2, -0.15) is 0 Å². The van der Waals surface area contributed by atoms with Crippen LogP contribution in [0.4, 0.5) is 11.5 Å². The molecule has 0 unspecified atom stereocenters. The molecule has 0 aliphatic carbocycles. The third-order valence-electron chi connectivity index (χ3n) is 2.43. The molecule has 0 saturated heterocycles. The van der Waals surface area contributed by atoms with E-state index < -0.39 is 0 Å². The lowest BCUT2D eigenvalue weighted by molar-refractivity contribution is 0.596. The molecule has 2 rings (SSSR count). The Bertz CT molecular complexity index is 410. The number of anilines is 2. The van der Waals surface area contributed by atoms with E-state index in [-0.39, 0.29) is 36.4 Å². The summed E-state index contributed by atoms with van der Waals surface area (Å²) in [7, 11) is 0. The number of hydrogen-bond donors (Lipinski definition) is 2. The molecule has 3 N–H and O–H groups in total. The van der Waals surface area contributed by atoms with Crippen molar-refractivity contribution >= 4 is 36.3 Å². The predicted octanol–water partition coefficient (Wildman–Crippen LogP) is 1.30. The van der Waals surface area contributed by atoms with Crippen LogP contribution in [0.15, 0.2) is 4.79 Å². The summed E-state index contributed by atoms with van der Waals surface area (Å²) < 4.78 is 3.65. The first-order valence-electron chi connectivity index (χ1n) is 4.97. The molecule has 0 atom stereocenters. The van der Waals surface area contributed by atoms with Crippen LogP contribution >= 0.6 is 24.8 Å². The van der Waals surface area contributed by atoms with E-state index >= 15 is 0 Å². The fourth-order valence-electron chi connectivity index (χ4n) is 1.86. The first-order chi connectivity index (χ1) is 6.61. The first-order valence-corrected chi connectivity index (χ1v) is 4.97. The molecule has 94 valence electrons. The van der Waals surface area contributed by atoms with Gasteiger partial charge in [-0.3, -0.25) is 9.48 Å². The van der Waals surface area contributed by atoms with Crippen molar-refractivity contribution in [1.82, 2.24) is 9.36 Å². The number of rotatable bonds is 2. The Morgan fingerprint density at radius 3 is 2.38 bits per heavy atom. The second kappa shape index (κ2) is 5.50. The van der Waals surface area contributed by atoms with E-state index in [1.165, 1.54) is 0 Å². The number of nitrogens with two attached hydrogens (primary N) is 1. The van der Waals surface area contributed by atoms with Gasteiger partial charge in [0.25, 0.3) is 5.56 Å². The average molecular weight is 269 g/mol. The quantitative estimate of drug-likeness (QED) is 0.850. The van der Waals surface area contributed by atoms with Gasteiger partial charge in [0, 0.05) is 19.1 Å². The zero-order valence-electron chi connectivity index (χ0n) is 9.40. The van der Waals surface area contributed by atoms with E-state index in [1.807, 2.05) is 18.5 Å². The molecule has 7 heteroatoms. The smallest absolute Gasteiger partial charge is 0.292 e. The van der Waals surface area contributed by atoms with Crippen LogP contribution in [0, 0.1) is 0 Å². The SMILES string of the molecule is CC(C)Nc1c(N)c(=O)n2n1CCC2.Cl.Cl. The van der Waals surface area contributed by atoms with E-state index in [2.05, 4.69) is 5.32 Å². The van der Waals surface area contributed by atoms with E-state index in [9.17, 15) is 4.79 Å². The zero-order chi connectivity index (χ0) is 10.3. The van der Waals surface area contributed by atoms with Crippen LogP contribution in [0.2, 0.25) is 0 Å². The maximum Gasteiger partial charge on any atom is 0.292 e. The topological polar surface area (TPSA) is 65.0 Å². The third kappa shape index (κ3) is 2.30. The molecular formula is C9H18Cl2N4O. The lowest BCUT2D eigenvalue weighted by Gasteiger charge is -2.12. The van der Waals surface area contributed by atoms with Crippen LogP contribution in [-0.2, 0) is 13.1 Å². The monoisotopic (exact) mass is 268 g/mol. The highest BCUT2D eigenvalue weighted by atomic mass is 35.5. The number of fused-ring (bicyclic) bond motifs is 1. The Morgan fingerprint density at radius 2 is 1.81 bits per heavy atom. The van der Waals surface area contributed by atoms with Crippen LogP contribution in [0.25, 0.3) is 0 Å². The molecule has 2 heterocycles. The van der Waals surface area contributed by atoms with E-state index in [0.29, 0.717) is 5.69 Å². The summed E-state index contributed by atoms with van der Waals surface area (Å²) in [5, 5.41) is 3.21. The molecule has 0 saturated carbocycles. The Labute approximate surface area is 107 Å². The molecular weight excluding hydrogens is 251 g/mol. The number of hydrogen-bond acceptors (Lipinski definition) is 3. The predicted molar refractivity (Wildman–Crippen MR) is 71.0 cm³/mol. The largest absolute Gasteiger partial charge is 0.391 e. The van der Waals surface area contributed by atoms with Gasteiger partial charge in [0.05, 0.1) is 0 Å². The molecule has 0 spiro atoms. The number of nitrogen functional groups attached to an aromatic ring is 1. The Hall–Kier alpha value is -0.810. The van der Waals surface area contributed by atoms with Crippen molar-refractivity contribution in [3.8, 4) is 0 Å². The molecule has 1 aliphatic rings. The summed E-state index contributed by atoms with van der Waals surface area (Å²) in [4.78, 5) is 11.6. The fourth-order valence-corrected chi connectivity index (χ4v) is 1.86. The third-order valence-corrected chi connectivity index (χ3v) is 2.43. The maximum atomic E-state index is 11.6. The number of nitrogens with one attached hydrogen (secondary N) is 1. The second-order valence-corrected chi connectivity index (χ2v) is 3.97. The molecule has 0 aromatic carbocycles. The van der Waals surface area contributed by atoms with E-state index in [0.717, 1.165) is 25.3 Å². The van der Waals surface area contributed by atoms with Crippen LogP contribution in [-0.4, -0.2) is 15.4 Å². The van der Waals surface area contributed by atoms with E-state index in [1.54, 1.807) is 4.68 Å². The first kappa shape index (κ1) is 15.2. The lowest BCUT2D eigenvalue weighted by atomic mass is 10.3. The van der Waals surface area contributed by atoms with Gasteiger partial charge in [-0.1, -0.05) is 0 Å². The van der Waals surface area contributed by atoms with Crippen LogP contribution in [0.5, 0.6) is 0 Å². The lowest BCUT2D eigenvalue weighted by Crippen LogP contribution is -2.18. The van der Waals surface area contributed by atoms with Gasteiger partial charge >= 0.3 is 0 Å². The highest BCUT2D eigenvalue weighted by Crippen LogP contribution is 2.20. The van der Waals surface area contributed by atoms with Crippen molar-refractivity contribution in [2.24, 2.45) is 0 Å². The number of nitrogens with zero attached hydrogens (tertiary/aromatic N) is 2. The van der Waals surface area contributed by atoms with Crippen LogP contribution in [0.3, 0.4) is 0 Å². The molecule has 0 fully saturated rings. The van der Waals surface area contributed by atoms with Crippen LogP contribution in [0.1, 0.15) is 20.3 Å². The minimum absolute atomic E-state index is 0. The fraction of sp³-hybridized carbons (Fsp3) is 0.667. The molecule has 1 aromatic rings. The second-order valence-electron chi connectivity index (χ2n) is 3.97. The van der Waals surface area contributed by atoms with Crippen molar-refractivity contribution in [2.75, 3.05) is 11.1 Å². The standard InChI is InChI=1S/C9H16N4O.2ClH/c1-6(2)11-8-7(10)9(14)13-5-3-4-12(8)13;;/h6,11H,3-5,10H2,1-2H3;2*1H. The van der Waals surface area contributed by atoms with Gasteiger partial charge in [-0.25, -0.2) is 4.68 Å². The molecule has 1 aliphatic heterocycles. The molecule has 16 heavy (non-hydrogen) atoms. The maximum absolute atomic E-state index is 11.6.